The van der Waals surface area contributed by atoms with Gasteiger partial charge in [0.2, 0.25) is 5.91 Å². The van der Waals surface area contributed by atoms with E-state index in [2.05, 4.69) is 38.3 Å². The largest absolute Gasteiger partial charge is 0.354 e. The van der Waals surface area contributed by atoms with Gasteiger partial charge in [-0.2, -0.15) is 0 Å². The second-order valence-electron chi connectivity index (χ2n) is 6.52. The molecule has 1 unspecified atom stereocenters. The van der Waals surface area contributed by atoms with Crippen LogP contribution in [-0.4, -0.2) is 24.5 Å². The molecule has 0 aliphatic heterocycles. The standard InChI is InChI=1S/C15H30N2O/c1-5-12(2)17-14(18)8-11-16-13-6-9-15(3,4)10-7-13/h12-13,16H,5-11H2,1-4H3,(H,17,18). The lowest BCUT2D eigenvalue weighted by Crippen LogP contribution is -2.39. The summed E-state index contributed by atoms with van der Waals surface area (Å²) in [5.74, 6) is 0.174. The number of carbonyl (C=O) groups excluding carboxylic acids is 1. The zero-order chi connectivity index (χ0) is 13.6. The molecule has 18 heavy (non-hydrogen) atoms. The first kappa shape index (κ1) is 15.5. The number of amides is 1. The van der Waals surface area contributed by atoms with Crippen LogP contribution in [0.1, 0.15) is 66.2 Å². The van der Waals surface area contributed by atoms with Gasteiger partial charge in [0.05, 0.1) is 0 Å². The van der Waals surface area contributed by atoms with Gasteiger partial charge in [0.1, 0.15) is 0 Å². The lowest BCUT2D eigenvalue weighted by atomic mass is 9.75. The fourth-order valence-electron chi connectivity index (χ4n) is 2.44. The van der Waals surface area contributed by atoms with E-state index in [0.717, 1.165) is 13.0 Å². The van der Waals surface area contributed by atoms with Crippen LogP contribution < -0.4 is 10.6 Å². The van der Waals surface area contributed by atoms with Crippen molar-refractivity contribution in [3.63, 3.8) is 0 Å². The summed E-state index contributed by atoms with van der Waals surface area (Å²) in [5, 5.41) is 6.52. The lowest BCUT2D eigenvalue weighted by Gasteiger charge is -2.34. The maximum absolute atomic E-state index is 11.6. The lowest BCUT2D eigenvalue weighted by molar-refractivity contribution is -0.121. The topological polar surface area (TPSA) is 41.1 Å². The van der Waals surface area contributed by atoms with Crippen LogP contribution in [0.3, 0.4) is 0 Å². The van der Waals surface area contributed by atoms with Crippen LogP contribution in [0.25, 0.3) is 0 Å². The Morgan fingerprint density at radius 2 is 1.94 bits per heavy atom. The first-order valence-corrected chi connectivity index (χ1v) is 7.45. The molecule has 0 saturated heterocycles. The van der Waals surface area contributed by atoms with E-state index in [9.17, 15) is 4.79 Å². The molecule has 2 N–H and O–H groups in total. The number of carbonyl (C=O) groups is 1. The Kier molecular flexibility index (Phi) is 6.13. The van der Waals surface area contributed by atoms with Crippen molar-refractivity contribution in [1.82, 2.24) is 10.6 Å². The highest BCUT2D eigenvalue weighted by Gasteiger charge is 2.26. The highest BCUT2D eigenvalue weighted by atomic mass is 16.1. The van der Waals surface area contributed by atoms with Crippen LogP contribution in [0.5, 0.6) is 0 Å². The molecule has 1 amide bonds. The highest BCUT2D eigenvalue weighted by molar-refractivity contribution is 5.76. The fourth-order valence-corrected chi connectivity index (χ4v) is 2.44. The van der Waals surface area contributed by atoms with Gasteiger partial charge in [-0.25, -0.2) is 0 Å². The van der Waals surface area contributed by atoms with E-state index in [4.69, 9.17) is 0 Å². The Balaban J connectivity index is 2.10. The molecule has 3 heteroatoms. The van der Waals surface area contributed by atoms with Crippen molar-refractivity contribution in [3.05, 3.63) is 0 Å². The summed E-state index contributed by atoms with van der Waals surface area (Å²) >= 11 is 0. The molecule has 0 spiro atoms. The normalized spacial score (nSPS) is 21.6. The third-order valence-electron chi connectivity index (χ3n) is 4.14. The molecular formula is C15H30N2O. The second-order valence-corrected chi connectivity index (χ2v) is 6.52. The van der Waals surface area contributed by atoms with Crippen LogP contribution in [0.4, 0.5) is 0 Å². The zero-order valence-corrected chi connectivity index (χ0v) is 12.5. The molecule has 106 valence electrons. The van der Waals surface area contributed by atoms with Crippen LogP contribution in [0.2, 0.25) is 0 Å². The van der Waals surface area contributed by atoms with Crippen molar-refractivity contribution in [2.75, 3.05) is 6.54 Å². The van der Waals surface area contributed by atoms with Gasteiger partial charge in [-0.3, -0.25) is 4.79 Å². The van der Waals surface area contributed by atoms with Crippen LogP contribution in [0, 0.1) is 5.41 Å². The third kappa shape index (κ3) is 5.85. The van der Waals surface area contributed by atoms with Crippen LogP contribution in [-0.2, 0) is 4.79 Å². The van der Waals surface area contributed by atoms with Gasteiger partial charge in [-0.15, -0.1) is 0 Å². The number of rotatable bonds is 6. The molecular weight excluding hydrogens is 224 g/mol. The minimum Gasteiger partial charge on any atom is -0.354 e. The maximum Gasteiger partial charge on any atom is 0.221 e. The van der Waals surface area contributed by atoms with E-state index in [0.29, 0.717) is 23.9 Å². The SMILES string of the molecule is CCC(C)NC(=O)CCNC1CCC(C)(C)CC1. The zero-order valence-electron chi connectivity index (χ0n) is 12.5. The first-order valence-electron chi connectivity index (χ1n) is 7.45. The summed E-state index contributed by atoms with van der Waals surface area (Å²) < 4.78 is 0. The van der Waals surface area contributed by atoms with Crippen molar-refractivity contribution in [1.29, 1.82) is 0 Å². The van der Waals surface area contributed by atoms with Crippen LogP contribution >= 0.6 is 0 Å². The molecule has 1 rings (SSSR count). The number of nitrogens with one attached hydrogen (secondary N) is 2. The van der Waals surface area contributed by atoms with Crippen molar-refractivity contribution in [2.45, 2.75) is 78.3 Å². The maximum atomic E-state index is 11.6. The van der Waals surface area contributed by atoms with Gasteiger partial charge in [-0.05, 0) is 44.4 Å². The van der Waals surface area contributed by atoms with Crippen molar-refractivity contribution in [2.24, 2.45) is 5.41 Å². The highest BCUT2D eigenvalue weighted by Crippen LogP contribution is 2.34. The Bertz CT molecular complexity index is 253. The van der Waals surface area contributed by atoms with Crippen LogP contribution in [0.15, 0.2) is 0 Å². The van der Waals surface area contributed by atoms with Gasteiger partial charge < -0.3 is 10.6 Å². The summed E-state index contributed by atoms with van der Waals surface area (Å²) in [6.07, 6.45) is 6.69. The summed E-state index contributed by atoms with van der Waals surface area (Å²) in [6, 6.07) is 0.919. The van der Waals surface area contributed by atoms with E-state index < -0.39 is 0 Å². The fraction of sp³-hybridized carbons (Fsp3) is 0.933. The average Bonchev–Trinajstić information content (AvgIpc) is 2.31. The molecule has 0 heterocycles. The van der Waals surface area contributed by atoms with Gasteiger partial charge in [0.15, 0.2) is 0 Å². The monoisotopic (exact) mass is 254 g/mol. The molecule has 0 aromatic rings. The van der Waals surface area contributed by atoms with E-state index in [1.165, 1.54) is 25.7 Å². The number of hydrogen-bond acceptors (Lipinski definition) is 2. The molecule has 0 bridgehead atoms. The van der Waals surface area contributed by atoms with Gasteiger partial charge in [-0.1, -0.05) is 20.8 Å². The number of hydrogen-bond donors (Lipinski definition) is 2. The van der Waals surface area contributed by atoms with E-state index in [1.807, 2.05) is 0 Å². The molecule has 1 fully saturated rings. The quantitative estimate of drug-likeness (QED) is 0.765. The predicted molar refractivity (Wildman–Crippen MR) is 76.6 cm³/mol. The Hall–Kier alpha value is -0.570. The Morgan fingerprint density at radius 3 is 2.50 bits per heavy atom. The molecule has 1 saturated carbocycles. The van der Waals surface area contributed by atoms with E-state index >= 15 is 0 Å². The second kappa shape index (κ2) is 7.13. The Morgan fingerprint density at radius 1 is 1.33 bits per heavy atom. The van der Waals surface area contributed by atoms with Gasteiger partial charge >= 0.3 is 0 Å². The van der Waals surface area contributed by atoms with Crippen molar-refractivity contribution >= 4 is 5.91 Å². The summed E-state index contributed by atoms with van der Waals surface area (Å²) in [7, 11) is 0. The molecule has 1 atom stereocenters. The minimum atomic E-state index is 0.174. The summed E-state index contributed by atoms with van der Waals surface area (Å²) in [4.78, 5) is 11.6. The summed E-state index contributed by atoms with van der Waals surface area (Å²) in [5.41, 5.74) is 0.520. The first-order chi connectivity index (χ1) is 8.43. The third-order valence-corrected chi connectivity index (χ3v) is 4.14. The average molecular weight is 254 g/mol. The molecule has 0 aromatic carbocycles. The summed E-state index contributed by atoms with van der Waals surface area (Å²) in [6.45, 7) is 9.65. The van der Waals surface area contributed by atoms with E-state index in [1.54, 1.807) is 0 Å². The van der Waals surface area contributed by atoms with Crippen molar-refractivity contribution < 1.29 is 4.79 Å². The molecule has 0 radical (unpaired) electrons. The molecule has 1 aliphatic rings. The van der Waals surface area contributed by atoms with E-state index in [-0.39, 0.29) is 5.91 Å². The van der Waals surface area contributed by atoms with Gasteiger partial charge in [0.25, 0.3) is 0 Å². The Labute approximate surface area is 112 Å². The predicted octanol–water partition coefficient (Wildman–Crippen LogP) is 2.85. The molecule has 1 aliphatic carbocycles. The van der Waals surface area contributed by atoms with Crippen molar-refractivity contribution in [3.8, 4) is 0 Å². The smallest absolute Gasteiger partial charge is 0.221 e. The minimum absolute atomic E-state index is 0.174. The molecule has 3 nitrogen and oxygen atoms in total. The van der Waals surface area contributed by atoms with Gasteiger partial charge in [0, 0.05) is 25.0 Å². The molecule has 0 aromatic heterocycles.